The van der Waals surface area contributed by atoms with Crippen LogP contribution >= 0.6 is 12.2 Å². The van der Waals surface area contributed by atoms with Crippen LogP contribution in [0.1, 0.15) is 28.4 Å². The van der Waals surface area contributed by atoms with Crippen molar-refractivity contribution in [3.05, 3.63) is 59.2 Å². The third-order valence-corrected chi connectivity index (χ3v) is 4.01. The van der Waals surface area contributed by atoms with Gasteiger partial charge in [-0.15, -0.1) is 0 Å². The molecule has 0 saturated heterocycles. The van der Waals surface area contributed by atoms with Crippen molar-refractivity contribution in [3.8, 4) is 5.75 Å². The fourth-order valence-corrected chi connectivity index (χ4v) is 2.43. The summed E-state index contributed by atoms with van der Waals surface area (Å²) in [4.78, 5) is 12.3. The van der Waals surface area contributed by atoms with Crippen LogP contribution in [-0.2, 0) is 4.74 Å². The smallest absolute Gasteiger partial charge is 0.257 e. The molecule has 0 aliphatic heterocycles. The van der Waals surface area contributed by atoms with Crippen molar-refractivity contribution in [2.24, 2.45) is 0 Å². The molecule has 1 amide bonds. The number of hydrogen-bond acceptors (Lipinski definition) is 4. The lowest BCUT2D eigenvalue weighted by atomic mass is 10.1. The number of thiocarbonyl (C=S) groups is 1. The molecule has 0 heterocycles. The Bertz CT molecular complexity index is 760. The Kier molecular flexibility index (Phi) is 7.56. The molecule has 138 valence electrons. The molecule has 0 radical (unpaired) electrons. The first-order valence-corrected chi connectivity index (χ1v) is 8.90. The van der Waals surface area contributed by atoms with E-state index >= 15 is 0 Å². The van der Waals surface area contributed by atoms with Gasteiger partial charge in [0.2, 0.25) is 0 Å². The van der Waals surface area contributed by atoms with E-state index in [-0.39, 0.29) is 11.0 Å². The first-order chi connectivity index (χ1) is 12.5. The van der Waals surface area contributed by atoms with Crippen LogP contribution in [0.15, 0.2) is 42.5 Å². The second-order valence-corrected chi connectivity index (χ2v) is 6.19. The van der Waals surface area contributed by atoms with Crippen LogP contribution in [0.25, 0.3) is 0 Å². The molecule has 2 aromatic carbocycles. The van der Waals surface area contributed by atoms with Crippen molar-refractivity contribution in [1.29, 1.82) is 0 Å². The minimum atomic E-state index is -0.271. The van der Waals surface area contributed by atoms with Gasteiger partial charge < -0.3 is 14.8 Å². The number of carbonyl (C=O) groups is 1. The van der Waals surface area contributed by atoms with Crippen molar-refractivity contribution in [2.45, 2.75) is 20.8 Å². The molecular weight excluding hydrogens is 348 g/mol. The third kappa shape index (κ3) is 6.13. The number of hydrogen-bond donors (Lipinski definition) is 2. The predicted octanol–water partition coefficient (Wildman–Crippen LogP) is 3.85. The van der Waals surface area contributed by atoms with Crippen LogP contribution in [0.4, 0.5) is 5.69 Å². The lowest BCUT2D eigenvalue weighted by Gasteiger charge is -2.11. The zero-order chi connectivity index (χ0) is 18.9. The number of nitrogens with one attached hydrogen (secondary N) is 2. The molecule has 0 atom stereocenters. The van der Waals surface area contributed by atoms with Crippen LogP contribution in [0.5, 0.6) is 5.75 Å². The molecule has 2 aromatic rings. The Hall–Kier alpha value is -2.44. The average molecular weight is 372 g/mol. The minimum absolute atomic E-state index is 0.260. The number of amides is 1. The number of anilines is 1. The van der Waals surface area contributed by atoms with Crippen molar-refractivity contribution >= 4 is 28.9 Å². The molecule has 2 rings (SSSR count). The fourth-order valence-electron chi connectivity index (χ4n) is 2.22. The maximum absolute atomic E-state index is 12.3. The van der Waals surface area contributed by atoms with E-state index in [9.17, 15) is 4.79 Å². The SMILES string of the molecule is CCOCCOc1ccc(C(=O)NC(=S)Nc2ccc(C)c(C)c2)cc1. The molecule has 0 aliphatic carbocycles. The molecule has 0 aliphatic rings. The summed E-state index contributed by atoms with van der Waals surface area (Å²) in [6.45, 7) is 7.69. The first kappa shape index (κ1) is 19.9. The van der Waals surface area contributed by atoms with Crippen molar-refractivity contribution in [2.75, 3.05) is 25.1 Å². The molecule has 0 unspecified atom stereocenters. The number of rotatable bonds is 7. The van der Waals surface area contributed by atoms with Crippen LogP contribution < -0.4 is 15.4 Å². The Morgan fingerprint density at radius 1 is 1.04 bits per heavy atom. The highest BCUT2D eigenvalue weighted by atomic mass is 32.1. The Labute approximate surface area is 159 Å². The molecule has 0 aromatic heterocycles. The van der Waals surface area contributed by atoms with Gasteiger partial charge in [0, 0.05) is 17.9 Å². The predicted molar refractivity (Wildman–Crippen MR) is 108 cm³/mol. The van der Waals surface area contributed by atoms with Crippen LogP contribution in [0, 0.1) is 13.8 Å². The maximum Gasteiger partial charge on any atom is 0.257 e. The van der Waals surface area contributed by atoms with Crippen molar-refractivity contribution in [1.82, 2.24) is 5.32 Å². The van der Waals surface area contributed by atoms with Gasteiger partial charge in [-0.2, -0.15) is 0 Å². The molecule has 5 nitrogen and oxygen atoms in total. The highest BCUT2D eigenvalue weighted by Crippen LogP contribution is 2.14. The van der Waals surface area contributed by atoms with E-state index in [0.29, 0.717) is 31.1 Å². The normalized spacial score (nSPS) is 10.3. The highest BCUT2D eigenvalue weighted by Gasteiger charge is 2.08. The van der Waals surface area contributed by atoms with Crippen molar-refractivity contribution in [3.63, 3.8) is 0 Å². The molecule has 26 heavy (non-hydrogen) atoms. The quantitative estimate of drug-likeness (QED) is 0.571. The summed E-state index contributed by atoms with van der Waals surface area (Å²) in [6, 6.07) is 12.8. The summed E-state index contributed by atoms with van der Waals surface area (Å²) in [7, 11) is 0. The summed E-state index contributed by atoms with van der Waals surface area (Å²) < 4.78 is 10.7. The summed E-state index contributed by atoms with van der Waals surface area (Å²) in [5.74, 6) is 0.421. The number of carbonyl (C=O) groups excluding carboxylic acids is 1. The van der Waals surface area contributed by atoms with E-state index in [1.54, 1.807) is 24.3 Å². The van der Waals surface area contributed by atoms with Crippen molar-refractivity contribution < 1.29 is 14.3 Å². The molecule has 0 bridgehead atoms. The van der Waals surface area contributed by atoms with E-state index in [0.717, 1.165) is 11.3 Å². The van der Waals surface area contributed by atoms with E-state index in [1.165, 1.54) is 5.56 Å². The third-order valence-electron chi connectivity index (χ3n) is 3.81. The zero-order valence-corrected chi connectivity index (χ0v) is 16.1. The van der Waals surface area contributed by atoms with E-state index in [1.807, 2.05) is 39.0 Å². The number of benzene rings is 2. The average Bonchev–Trinajstić information content (AvgIpc) is 2.62. The molecule has 0 fully saturated rings. The first-order valence-electron chi connectivity index (χ1n) is 8.49. The summed E-state index contributed by atoms with van der Waals surface area (Å²) >= 11 is 5.21. The van der Waals surface area contributed by atoms with Gasteiger partial charge in [0.25, 0.3) is 5.91 Å². The van der Waals surface area contributed by atoms with Gasteiger partial charge >= 0.3 is 0 Å². The standard InChI is InChI=1S/C20H24N2O3S/c1-4-24-11-12-25-18-9-6-16(7-10-18)19(23)22-20(26)21-17-8-5-14(2)15(3)13-17/h5-10,13H,4,11-12H2,1-3H3,(H2,21,22,23,26). The number of aryl methyl sites for hydroxylation is 2. The minimum Gasteiger partial charge on any atom is -0.491 e. The van der Waals surface area contributed by atoms with Gasteiger partial charge in [0.1, 0.15) is 12.4 Å². The molecule has 6 heteroatoms. The van der Waals surface area contributed by atoms with Gasteiger partial charge in [-0.3, -0.25) is 10.1 Å². The molecular formula is C20H24N2O3S. The molecule has 0 spiro atoms. The monoisotopic (exact) mass is 372 g/mol. The van der Waals surface area contributed by atoms with Gasteiger partial charge in [-0.25, -0.2) is 0 Å². The van der Waals surface area contributed by atoms with Gasteiger partial charge in [0.05, 0.1) is 6.61 Å². The highest BCUT2D eigenvalue weighted by molar-refractivity contribution is 7.80. The molecule has 0 saturated carbocycles. The van der Waals surface area contributed by atoms with Gasteiger partial charge in [-0.05, 0) is 80.5 Å². The van der Waals surface area contributed by atoms with Crippen LogP contribution in [0.2, 0.25) is 0 Å². The molecule has 2 N–H and O–H groups in total. The fraction of sp³-hybridized carbons (Fsp3) is 0.300. The summed E-state index contributed by atoms with van der Waals surface area (Å²) in [5, 5.41) is 5.96. The Balaban J connectivity index is 1.86. The second kappa shape index (κ2) is 9.89. The lowest BCUT2D eigenvalue weighted by molar-refractivity contribution is 0.0977. The Morgan fingerprint density at radius 2 is 1.77 bits per heavy atom. The summed E-state index contributed by atoms with van der Waals surface area (Å²) in [5.41, 5.74) is 3.71. The maximum atomic E-state index is 12.3. The largest absolute Gasteiger partial charge is 0.491 e. The number of ether oxygens (including phenoxy) is 2. The Morgan fingerprint density at radius 3 is 2.42 bits per heavy atom. The van der Waals surface area contributed by atoms with Gasteiger partial charge in [-0.1, -0.05) is 6.07 Å². The van der Waals surface area contributed by atoms with Crippen LogP contribution in [0.3, 0.4) is 0 Å². The van der Waals surface area contributed by atoms with E-state index in [4.69, 9.17) is 21.7 Å². The summed E-state index contributed by atoms with van der Waals surface area (Å²) in [6.07, 6.45) is 0. The topological polar surface area (TPSA) is 59.6 Å². The zero-order valence-electron chi connectivity index (χ0n) is 15.3. The lowest BCUT2D eigenvalue weighted by Crippen LogP contribution is -2.34. The van der Waals surface area contributed by atoms with Gasteiger partial charge in [0.15, 0.2) is 5.11 Å². The second-order valence-electron chi connectivity index (χ2n) is 5.78. The van der Waals surface area contributed by atoms with E-state index in [2.05, 4.69) is 10.6 Å². The van der Waals surface area contributed by atoms with E-state index < -0.39 is 0 Å². The van der Waals surface area contributed by atoms with Crippen LogP contribution in [-0.4, -0.2) is 30.8 Å².